The van der Waals surface area contributed by atoms with Gasteiger partial charge in [0, 0.05) is 13.0 Å². The van der Waals surface area contributed by atoms with Gasteiger partial charge in [-0.2, -0.15) is 0 Å². The Kier molecular flexibility index (Phi) is 6.27. The number of piperidine rings is 1. The van der Waals surface area contributed by atoms with Crippen LogP contribution in [-0.2, 0) is 0 Å². The van der Waals surface area contributed by atoms with Crippen molar-refractivity contribution in [1.29, 1.82) is 0 Å². The van der Waals surface area contributed by atoms with Gasteiger partial charge in [-0.15, -0.1) is 0 Å². The van der Waals surface area contributed by atoms with Gasteiger partial charge in [-0.1, -0.05) is 30.2 Å². The van der Waals surface area contributed by atoms with Gasteiger partial charge < -0.3 is 10.2 Å². The normalized spacial score (nSPS) is 17.5. The molecule has 0 radical (unpaired) electrons. The molecule has 0 bridgehead atoms. The van der Waals surface area contributed by atoms with Crippen LogP contribution in [0.2, 0.25) is 5.02 Å². The van der Waals surface area contributed by atoms with E-state index in [1.807, 2.05) is 24.3 Å². The van der Waals surface area contributed by atoms with Crippen LogP contribution in [0, 0.1) is 0 Å². The minimum absolute atomic E-state index is 0.0918. The molecule has 0 amide bonds. The molecule has 4 heteroatoms. The van der Waals surface area contributed by atoms with Crippen LogP contribution in [0.1, 0.15) is 46.5 Å². The number of nitrogens with zero attached hydrogens (tertiary/aromatic N) is 2. The highest BCUT2D eigenvalue weighted by molar-refractivity contribution is 6.33. The summed E-state index contributed by atoms with van der Waals surface area (Å²) < 4.78 is 0. The molecule has 0 aliphatic carbocycles. The molecule has 1 N–H and O–H groups in total. The minimum atomic E-state index is -0.0918. The summed E-state index contributed by atoms with van der Waals surface area (Å²) in [5.74, 6) is 1.02. The summed E-state index contributed by atoms with van der Waals surface area (Å²) in [5.41, 5.74) is 0.844. The van der Waals surface area contributed by atoms with E-state index in [-0.39, 0.29) is 5.54 Å². The smallest absolute Gasteiger partial charge is 0.103 e. The standard InChI is InChI=1S/C18H28ClN3/c1-18(2,3)21-17(11-14-22-12-7-4-8-13-22)20-16-10-6-5-9-15(16)19/h5-6,9-10H,4,7-8,11-14H2,1-3H3,(H,20,21). The predicted octanol–water partition coefficient (Wildman–Crippen LogP) is 4.82. The molecule has 1 aliphatic rings. The number of hydrogen-bond acceptors (Lipinski definition) is 2. The Morgan fingerprint density at radius 2 is 1.86 bits per heavy atom. The fraction of sp³-hybridized carbons (Fsp3) is 0.611. The van der Waals surface area contributed by atoms with Crippen molar-refractivity contribution in [2.24, 2.45) is 4.99 Å². The third kappa shape index (κ3) is 5.98. The molecule has 2 rings (SSSR count). The number of amidine groups is 1. The summed E-state index contributed by atoms with van der Waals surface area (Å²) in [6, 6.07) is 7.85. The number of likely N-dealkylation sites (tertiary alicyclic amines) is 1. The van der Waals surface area contributed by atoms with Gasteiger partial charge in [-0.25, -0.2) is 0 Å². The van der Waals surface area contributed by atoms with Crippen LogP contribution in [-0.4, -0.2) is 35.9 Å². The maximum atomic E-state index is 6.26. The van der Waals surface area contributed by atoms with Crippen molar-refractivity contribution in [1.82, 2.24) is 4.90 Å². The fourth-order valence-corrected chi connectivity index (χ4v) is 2.90. The Morgan fingerprint density at radius 1 is 1.18 bits per heavy atom. The van der Waals surface area contributed by atoms with E-state index in [2.05, 4.69) is 31.0 Å². The third-order valence-corrected chi connectivity index (χ3v) is 4.07. The highest BCUT2D eigenvalue weighted by Gasteiger charge is 2.14. The first-order chi connectivity index (χ1) is 10.4. The van der Waals surface area contributed by atoms with E-state index in [1.54, 1.807) is 0 Å². The van der Waals surface area contributed by atoms with Crippen molar-refractivity contribution in [2.75, 3.05) is 25.0 Å². The van der Waals surface area contributed by atoms with Gasteiger partial charge in [0.05, 0.1) is 16.2 Å². The number of halogens is 1. The van der Waals surface area contributed by atoms with Crippen molar-refractivity contribution in [3.63, 3.8) is 0 Å². The molecule has 22 heavy (non-hydrogen) atoms. The first-order valence-corrected chi connectivity index (χ1v) is 8.64. The summed E-state index contributed by atoms with van der Waals surface area (Å²) >= 11 is 6.26. The average Bonchev–Trinajstić information content (AvgIpc) is 2.47. The molecule has 0 saturated carbocycles. The Labute approximate surface area is 139 Å². The van der Waals surface area contributed by atoms with Crippen LogP contribution >= 0.6 is 11.6 Å². The predicted molar refractivity (Wildman–Crippen MR) is 97.2 cm³/mol. The van der Waals surface area contributed by atoms with Crippen LogP contribution in [0.5, 0.6) is 0 Å². The highest BCUT2D eigenvalue weighted by atomic mass is 35.5. The largest absolute Gasteiger partial charge is 0.343 e. The summed E-state index contributed by atoms with van der Waals surface area (Å²) in [5, 5.41) is 4.17. The SMILES string of the molecule is CC(C)(C)N=C(CCN1CCCCC1)Nc1ccccc1Cl. The Hall–Kier alpha value is -1.06. The molecule has 1 aliphatic heterocycles. The van der Waals surface area contributed by atoms with Gasteiger partial charge in [0.25, 0.3) is 0 Å². The first-order valence-electron chi connectivity index (χ1n) is 8.27. The molecule has 0 spiro atoms. The number of hydrogen-bond donors (Lipinski definition) is 1. The second-order valence-corrected chi connectivity index (χ2v) is 7.39. The first kappa shape index (κ1) is 17.3. The van der Waals surface area contributed by atoms with E-state index >= 15 is 0 Å². The maximum absolute atomic E-state index is 6.26. The van der Waals surface area contributed by atoms with E-state index in [9.17, 15) is 0 Å². The highest BCUT2D eigenvalue weighted by Crippen LogP contribution is 2.22. The zero-order valence-corrected chi connectivity index (χ0v) is 14.8. The molecule has 0 atom stereocenters. The molecule has 1 heterocycles. The summed E-state index contributed by atoms with van der Waals surface area (Å²) in [4.78, 5) is 7.39. The third-order valence-electron chi connectivity index (χ3n) is 3.74. The van der Waals surface area contributed by atoms with Crippen LogP contribution in [0.15, 0.2) is 29.3 Å². The number of para-hydroxylation sites is 1. The summed E-state index contributed by atoms with van der Waals surface area (Å²) in [6.45, 7) is 9.88. The topological polar surface area (TPSA) is 27.6 Å². The number of aliphatic imine (C=N–C) groups is 1. The monoisotopic (exact) mass is 321 g/mol. The molecule has 1 fully saturated rings. The van der Waals surface area contributed by atoms with Gasteiger partial charge in [-0.05, 0) is 58.8 Å². The lowest BCUT2D eigenvalue weighted by atomic mass is 10.1. The number of nitrogens with one attached hydrogen (secondary N) is 1. The van der Waals surface area contributed by atoms with Crippen LogP contribution in [0.25, 0.3) is 0 Å². The van der Waals surface area contributed by atoms with E-state index in [4.69, 9.17) is 16.6 Å². The van der Waals surface area contributed by atoms with E-state index in [0.717, 1.165) is 29.5 Å². The lowest BCUT2D eigenvalue weighted by Gasteiger charge is -2.27. The van der Waals surface area contributed by atoms with Gasteiger partial charge in [0.15, 0.2) is 0 Å². The van der Waals surface area contributed by atoms with Crippen molar-refractivity contribution in [3.8, 4) is 0 Å². The van der Waals surface area contributed by atoms with E-state index in [0.29, 0.717) is 0 Å². The zero-order chi connectivity index (χ0) is 16.0. The molecule has 122 valence electrons. The van der Waals surface area contributed by atoms with Gasteiger partial charge >= 0.3 is 0 Å². The Balaban J connectivity index is 2.03. The van der Waals surface area contributed by atoms with Gasteiger partial charge in [-0.3, -0.25) is 4.99 Å². The molecule has 0 aromatic heterocycles. The lowest BCUT2D eigenvalue weighted by molar-refractivity contribution is 0.235. The molecule has 1 aromatic rings. The van der Waals surface area contributed by atoms with Crippen molar-refractivity contribution in [3.05, 3.63) is 29.3 Å². The summed E-state index contributed by atoms with van der Waals surface area (Å²) in [6.07, 6.45) is 4.95. The Morgan fingerprint density at radius 3 is 2.50 bits per heavy atom. The fourth-order valence-electron chi connectivity index (χ4n) is 2.72. The molecule has 1 saturated heterocycles. The molecule has 0 unspecified atom stereocenters. The lowest BCUT2D eigenvalue weighted by Crippen LogP contribution is -2.33. The Bertz CT molecular complexity index is 499. The van der Waals surface area contributed by atoms with E-state index < -0.39 is 0 Å². The van der Waals surface area contributed by atoms with Crippen molar-refractivity contribution >= 4 is 23.1 Å². The quantitative estimate of drug-likeness (QED) is 0.635. The molecular weight excluding hydrogens is 294 g/mol. The van der Waals surface area contributed by atoms with Crippen molar-refractivity contribution < 1.29 is 0 Å². The molecule has 1 aromatic carbocycles. The number of anilines is 1. The molecular formula is C18H28ClN3. The van der Waals surface area contributed by atoms with Crippen LogP contribution in [0.4, 0.5) is 5.69 Å². The van der Waals surface area contributed by atoms with Crippen LogP contribution in [0.3, 0.4) is 0 Å². The van der Waals surface area contributed by atoms with Crippen LogP contribution < -0.4 is 5.32 Å². The second kappa shape index (κ2) is 7.98. The minimum Gasteiger partial charge on any atom is -0.343 e. The van der Waals surface area contributed by atoms with Gasteiger partial charge in [0.2, 0.25) is 0 Å². The number of rotatable bonds is 4. The maximum Gasteiger partial charge on any atom is 0.103 e. The summed E-state index contributed by atoms with van der Waals surface area (Å²) in [7, 11) is 0. The zero-order valence-electron chi connectivity index (χ0n) is 14.0. The van der Waals surface area contributed by atoms with E-state index in [1.165, 1.54) is 32.4 Å². The molecule has 3 nitrogen and oxygen atoms in total. The average molecular weight is 322 g/mol. The van der Waals surface area contributed by atoms with Crippen molar-refractivity contribution in [2.45, 2.75) is 52.0 Å². The second-order valence-electron chi connectivity index (χ2n) is 6.99. The van der Waals surface area contributed by atoms with Gasteiger partial charge in [0.1, 0.15) is 5.84 Å². The number of benzene rings is 1.